The highest BCUT2D eigenvalue weighted by atomic mass is 16.2. The van der Waals surface area contributed by atoms with Crippen LogP contribution in [0.1, 0.15) is 18.1 Å². The summed E-state index contributed by atoms with van der Waals surface area (Å²) < 4.78 is 0. The van der Waals surface area contributed by atoms with Crippen LogP contribution in [0.4, 0.5) is 5.69 Å². The third-order valence-corrected chi connectivity index (χ3v) is 5.94. The van der Waals surface area contributed by atoms with Crippen LogP contribution < -0.4 is 4.90 Å². The van der Waals surface area contributed by atoms with Gasteiger partial charge in [0.15, 0.2) is 0 Å². The van der Waals surface area contributed by atoms with Gasteiger partial charge in [-0.05, 0) is 30.5 Å². The van der Waals surface area contributed by atoms with Crippen LogP contribution in [0.3, 0.4) is 0 Å². The van der Waals surface area contributed by atoms with Crippen molar-refractivity contribution in [2.75, 3.05) is 44.2 Å². The van der Waals surface area contributed by atoms with Crippen molar-refractivity contribution in [3.05, 3.63) is 71.8 Å². The molecule has 146 valence electrons. The Balaban J connectivity index is 1.28. The maximum absolute atomic E-state index is 13.1. The summed E-state index contributed by atoms with van der Waals surface area (Å²) in [5.74, 6) is 0.238. The van der Waals surface area contributed by atoms with Crippen molar-refractivity contribution in [2.24, 2.45) is 0 Å². The molecule has 0 bridgehead atoms. The maximum atomic E-state index is 13.1. The average molecular weight is 376 g/mol. The number of fused-ring (bicyclic) bond motifs is 1. The highest BCUT2D eigenvalue weighted by molar-refractivity contribution is 5.98. The lowest BCUT2D eigenvalue weighted by atomic mass is 10.1. The molecule has 2 heterocycles. The molecule has 1 saturated heterocycles. The second-order valence-corrected chi connectivity index (χ2v) is 7.69. The van der Waals surface area contributed by atoms with E-state index in [2.05, 4.69) is 71.3 Å². The van der Waals surface area contributed by atoms with E-state index in [1.54, 1.807) is 0 Å². The second-order valence-electron chi connectivity index (χ2n) is 7.69. The number of carbonyl (C=O) groups excluding carboxylic acids is 1. The first kappa shape index (κ1) is 18.9. The van der Waals surface area contributed by atoms with Gasteiger partial charge >= 0.3 is 0 Å². The maximum Gasteiger partial charge on any atom is 0.244 e. The van der Waals surface area contributed by atoms with Crippen molar-refractivity contribution in [3.8, 4) is 0 Å². The molecule has 2 aliphatic heterocycles. The van der Waals surface area contributed by atoms with Gasteiger partial charge in [-0.15, -0.1) is 0 Å². The first-order valence-corrected chi connectivity index (χ1v) is 10.3. The molecule has 4 rings (SSSR count). The van der Waals surface area contributed by atoms with E-state index in [0.717, 1.165) is 51.4 Å². The van der Waals surface area contributed by atoms with Gasteiger partial charge in [0.05, 0.1) is 6.04 Å². The molecule has 0 aliphatic carbocycles. The summed E-state index contributed by atoms with van der Waals surface area (Å²) in [7, 11) is 0. The molecule has 1 atom stereocenters. The van der Waals surface area contributed by atoms with Gasteiger partial charge in [-0.3, -0.25) is 14.6 Å². The van der Waals surface area contributed by atoms with Crippen LogP contribution in [0, 0.1) is 0 Å². The van der Waals surface area contributed by atoms with Gasteiger partial charge in [0.25, 0.3) is 0 Å². The Morgan fingerprint density at radius 2 is 1.68 bits per heavy atom. The first-order chi connectivity index (χ1) is 13.7. The van der Waals surface area contributed by atoms with Gasteiger partial charge in [-0.1, -0.05) is 60.7 Å². The number of rotatable bonds is 5. The average Bonchev–Trinajstić information content (AvgIpc) is 3.18. The van der Waals surface area contributed by atoms with Gasteiger partial charge in [0.1, 0.15) is 0 Å². The summed E-state index contributed by atoms with van der Waals surface area (Å²) in [5.41, 5.74) is 3.63. The van der Waals surface area contributed by atoms with Gasteiger partial charge < -0.3 is 4.90 Å². The minimum Gasteiger partial charge on any atom is -0.310 e. The van der Waals surface area contributed by atoms with E-state index in [1.165, 1.54) is 11.1 Å². The van der Waals surface area contributed by atoms with Gasteiger partial charge in [0, 0.05) is 45.0 Å². The molecule has 4 nitrogen and oxygen atoms in total. The lowest BCUT2D eigenvalue weighted by Crippen LogP contribution is -2.54. The zero-order valence-corrected chi connectivity index (χ0v) is 16.6. The van der Waals surface area contributed by atoms with E-state index >= 15 is 0 Å². The van der Waals surface area contributed by atoms with E-state index in [-0.39, 0.29) is 11.9 Å². The number of carbonyl (C=O) groups is 1. The SMILES string of the molecule is CC(C(=O)N1CCc2ccccc21)N1CCN(CC=Cc2ccccc2)CC1. The predicted octanol–water partition coefficient (Wildman–Crippen LogP) is 3.30. The Labute approximate surface area is 168 Å². The largest absolute Gasteiger partial charge is 0.310 e. The van der Waals surface area contributed by atoms with Crippen molar-refractivity contribution < 1.29 is 4.79 Å². The van der Waals surface area contributed by atoms with Crippen molar-refractivity contribution >= 4 is 17.7 Å². The zero-order valence-electron chi connectivity index (χ0n) is 16.6. The van der Waals surface area contributed by atoms with Crippen LogP contribution in [0.5, 0.6) is 0 Å². The number of hydrogen-bond acceptors (Lipinski definition) is 3. The molecule has 2 aliphatic rings. The number of benzene rings is 2. The number of nitrogens with zero attached hydrogens (tertiary/aromatic N) is 3. The van der Waals surface area contributed by atoms with Crippen LogP contribution >= 0.6 is 0 Å². The third kappa shape index (κ3) is 4.18. The fourth-order valence-corrected chi connectivity index (χ4v) is 4.18. The smallest absolute Gasteiger partial charge is 0.244 e. The van der Waals surface area contributed by atoms with E-state index in [0.29, 0.717) is 0 Å². The van der Waals surface area contributed by atoms with Crippen LogP contribution in [0.25, 0.3) is 6.08 Å². The molecule has 1 fully saturated rings. The molecule has 1 amide bonds. The van der Waals surface area contributed by atoms with Gasteiger partial charge in [0.2, 0.25) is 5.91 Å². The standard InChI is InChI=1S/C24H29N3O/c1-20(24(28)27-15-13-22-11-5-6-12-23(22)27)26-18-16-25(17-19-26)14-7-10-21-8-3-2-4-9-21/h2-12,20H,13-19H2,1H3. The van der Waals surface area contributed by atoms with Crippen molar-refractivity contribution in [2.45, 2.75) is 19.4 Å². The van der Waals surface area contributed by atoms with Gasteiger partial charge in [-0.25, -0.2) is 0 Å². The molecule has 0 aromatic heterocycles. The molecule has 28 heavy (non-hydrogen) atoms. The summed E-state index contributed by atoms with van der Waals surface area (Å²) in [4.78, 5) is 19.8. The van der Waals surface area contributed by atoms with E-state index in [1.807, 2.05) is 17.0 Å². The van der Waals surface area contributed by atoms with Crippen LogP contribution in [-0.4, -0.2) is 61.0 Å². The summed E-state index contributed by atoms with van der Waals surface area (Å²) in [6.45, 7) is 7.75. The fourth-order valence-electron chi connectivity index (χ4n) is 4.18. The Morgan fingerprint density at radius 3 is 2.46 bits per heavy atom. The first-order valence-electron chi connectivity index (χ1n) is 10.3. The van der Waals surface area contributed by atoms with E-state index in [4.69, 9.17) is 0 Å². The van der Waals surface area contributed by atoms with Crippen molar-refractivity contribution in [1.29, 1.82) is 0 Å². The summed E-state index contributed by atoms with van der Waals surface area (Å²) in [6.07, 6.45) is 5.39. The van der Waals surface area contributed by atoms with E-state index in [9.17, 15) is 4.79 Å². The molecule has 0 saturated carbocycles. The Hall–Kier alpha value is -2.43. The molecule has 0 N–H and O–H groups in total. The topological polar surface area (TPSA) is 26.8 Å². The molecule has 0 radical (unpaired) electrons. The number of para-hydroxylation sites is 1. The number of amides is 1. The molecule has 2 aromatic carbocycles. The number of hydrogen-bond donors (Lipinski definition) is 0. The second kappa shape index (κ2) is 8.72. The lowest BCUT2D eigenvalue weighted by molar-refractivity contribution is -0.123. The summed E-state index contributed by atoms with van der Waals surface area (Å²) in [5, 5.41) is 0. The Morgan fingerprint density at radius 1 is 0.964 bits per heavy atom. The van der Waals surface area contributed by atoms with Crippen LogP contribution in [0.15, 0.2) is 60.7 Å². The Kier molecular flexibility index (Phi) is 5.89. The molecular weight excluding hydrogens is 346 g/mol. The number of piperazine rings is 1. The quantitative estimate of drug-likeness (QED) is 0.802. The van der Waals surface area contributed by atoms with E-state index < -0.39 is 0 Å². The summed E-state index contributed by atoms with van der Waals surface area (Å²) in [6, 6.07) is 18.6. The molecule has 1 unspecified atom stereocenters. The monoisotopic (exact) mass is 375 g/mol. The summed E-state index contributed by atoms with van der Waals surface area (Å²) >= 11 is 0. The number of anilines is 1. The van der Waals surface area contributed by atoms with Gasteiger partial charge in [-0.2, -0.15) is 0 Å². The molecular formula is C24H29N3O. The zero-order chi connectivity index (χ0) is 19.3. The molecule has 2 aromatic rings. The normalized spacial score (nSPS) is 19.1. The molecule has 4 heteroatoms. The predicted molar refractivity (Wildman–Crippen MR) is 115 cm³/mol. The van der Waals surface area contributed by atoms with Crippen molar-refractivity contribution in [1.82, 2.24) is 9.80 Å². The minimum atomic E-state index is -0.0619. The highest BCUT2D eigenvalue weighted by Crippen LogP contribution is 2.28. The Bertz CT molecular complexity index is 825. The lowest BCUT2D eigenvalue weighted by Gasteiger charge is -2.38. The molecule has 0 spiro atoms. The highest BCUT2D eigenvalue weighted by Gasteiger charge is 2.32. The minimum absolute atomic E-state index is 0.0619. The van der Waals surface area contributed by atoms with Crippen LogP contribution in [-0.2, 0) is 11.2 Å². The fraction of sp³-hybridized carbons (Fsp3) is 0.375. The van der Waals surface area contributed by atoms with Crippen molar-refractivity contribution in [3.63, 3.8) is 0 Å². The van der Waals surface area contributed by atoms with Crippen LogP contribution in [0.2, 0.25) is 0 Å². The third-order valence-electron chi connectivity index (χ3n) is 5.94.